The number of halogens is 2. The number of hydrogen-bond donors (Lipinski definition) is 0. The highest BCUT2D eigenvalue weighted by Crippen LogP contribution is 2.30. The van der Waals surface area contributed by atoms with Crippen LogP contribution in [0.2, 0.25) is 0 Å². The van der Waals surface area contributed by atoms with Crippen molar-refractivity contribution >= 4 is 44.0 Å². The lowest BCUT2D eigenvalue weighted by Crippen LogP contribution is -1.91. The molecule has 0 radical (unpaired) electrons. The van der Waals surface area contributed by atoms with Gasteiger partial charge in [-0.15, -0.1) is 11.3 Å². The van der Waals surface area contributed by atoms with Crippen LogP contribution in [0.3, 0.4) is 0 Å². The van der Waals surface area contributed by atoms with Crippen LogP contribution in [0.4, 0.5) is 4.39 Å². The summed E-state index contributed by atoms with van der Waals surface area (Å²) < 4.78 is 15.2. The van der Waals surface area contributed by atoms with Gasteiger partial charge in [-0.2, -0.15) is 0 Å². The van der Waals surface area contributed by atoms with E-state index >= 15 is 0 Å². The third-order valence-electron chi connectivity index (χ3n) is 2.11. The van der Waals surface area contributed by atoms with Gasteiger partial charge < -0.3 is 0 Å². The topological polar surface area (TPSA) is 0 Å². The minimum atomic E-state index is -0.0904. The van der Waals surface area contributed by atoms with Gasteiger partial charge in [-0.3, -0.25) is 0 Å². The molecule has 68 valence electrons. The highest BCUT2D eigenvalue weighted by molar-refractivity contribution is 14.1. The quantitative estimate of drug-likeness (QED) is 0.692. The molecule has 0 fully saturated rings. The molecule has 13 heavy (non-hydrogen) atoms. The maximum atomic E-state index is 13.4. The van der Waals surface area contributed by atoms with Gasteiger partial charge in [0.05, 0.1) is 3.57 Å². The van der Waals surface area contributed by atoms with Crippen molar-refractivity contribution in [1.29, 1.82) is 0 Å². The lowest BCUT2D eigenvalue weighted by atomic mass is 10.1. The molecule has 0 saturated carbocycles. The van der Waals surface area contributed by atoms with E-state index in [-0.39, 0.29) is 5.82 Å². The molecule has 0 aliphatic heterocycles. The molecule has 3 heteroatoms. The van der Waals surface area contributed by atoms with E-state index in [1.54, 1.807) is 17.4 Å². The lowest BCUT2D eigenvalue weighted by molar-refractivity contribution is 0.620. The molecule has 0 N–H and O–H groups in total. The van der Waals surface area contributed by atoms with Crippen LogP contribution < -0.4 is 0 Å². The Morgan fingerprint density at radius 3 is 3.00 bits per heavy atom. The molecule has 0 aliphatic rings. The van der Waals surface area contributed by atoms with Crippen molar-refractivity contribution < 1.29 is 4.39 Å². The summed E-state index contributed by atoms with van der Waals surface area (Å²) in [6.45, 7) is 2.06. The van der Waals surface area contributed by atoms with E-state index < -0.39 is 0 Å². The van der Waals surface area contributed by atoms with Gasteiger partial charge in [-0.05, 0) is 57.5 Å². The predicted octanol–water partition coefficient (Wildman–Crippen LogP) is 4.21. The second-order valence-electron chi connectivity index (χ2n) is 2.84. The summed E-state index contributed by atoms with van der Waals surface area (Å²) in [5.41, 5.74) is 1.14. The molecule has 0 nitrogen and oxygen atoms in total. The second kappa shape index (κ2) is 3.53. The first-order chi connectivity index (χ1) is 6.24. The van der Waals surface area contributed by atoms with Gasteiger partial charge in [0.1, 0.15) is 5.82 Å². The van der Waals surface area contributed by atoms with Gasteiger partial charge in [0.25, 0.3) is 0 Å². The Morgan fingerprint density at radius 2 is 2.31 bits per heavy atom. The smallest absolute Gasteiger partial charge is 0.138 e. The first kappa shape index (κ1) is 9.40. The minimum Gasteiger partial charge on any atom is -0.206 e. The largest absolute Gasteiger partial charge is 0.206 e. The van der Waals surface area contributed by atoms with Crippen molar-refractivity contribution in [3.63, 3.8) is 0 Å². The van der Waals surface area contributed by atoms with E-state index in [0.717, 1.165) is 20.3 Å². The van der Waals surface area contributed by atoms with Gasteiger partial charge in [0, 0.05) is 4.70 Å². The summed E-state index contributed by atoms with van der Waals surface area (Å²) in [4.78, 5) is 0. The number of aryl methyl sites for hydroxylation is 1. The minimum absolute atomic E-state index is 0.0904. The molecule has 0 bridgehead atoms. The third-order valence-corrected chi connectivity index (χ3v) is 4.14. The lowest BCUT2D eigenvalue weighted by Gasteiger charge is -2.04. The van der Waals surface area contributed by atoms with Crippen LogP contribution in [0.15, 0.2) is 17.5 Å². The number of fused-ring (bicyclic) bond motifs is 1. The standard InChI is InChI=1S/C10H8FIS/c1-2-6-7-3-4-13-9(7)5-8(11)10(6)12/h3-5H,2H2,1H3. The number of benzene rings is 1. The second-order valence-corrected chi connectivity index (χ2v) is 4.86. The van der Waals surface area contributed by atoms with E-state index in [2.05, 4.69) is 35.6 Å². The van der Waals surface area contributed by atoms with E-state index in [0.29, 0.717) is 0 Å². The molecule has 1 aromatic carbocycles. The fourth-order valence-electron chi connectivity index (χ4n) is 1.47. The maximum absolute atomic E-state index is 13.4. The fourth-order valence-corrected chi connectivity index (χ4v) is 3.14. The zero-order valence-corrected chi connectivity index (χ0v) is 10.1. The molecule has 1 heterocycles. The maximum Gasteiger partial charge on any atom is 0.138 e. The Hall–Kier alpha value is -0.160. The fraction of sp³-hybridized carbons (Fsp3) is 0.200. The monoisotopic (exact) mass is 306 g/mol. The molecule has 1 aromatic heterocycles. The van der Waals surface area contributed by atoms with Crippen LogP contribution >= 0.6 is 33.9 Å². The van der Waals surface area contributed by atoms with Crippen molar-refractivity contribution in [2.75, 3.05) is 0 Å². The molecule has 0 saturated heterocycles. The van der Waals surface area contributed by atoms with Crippen LogP contribution in [0.5, 0.6) is 0 Å². The molecular weight excluding hydrogens is 298 g/mol. The van der Waals surface area contributed by atoms with Gasteiger partial charge in [0.2, 0.25) is 0 Å². The average molecular weight is 306 g/mol. The van der Waals surface area contributed by atoms with E-state index in [1.165, 1.54) is 5.39 Å². The Kier molecular flexibility index (Phi) is 2.55. The summed E-state index contributed by atoms with van der Waals surface area (Å²) in [5.74, 6) is -0.0904. The molecular formula is C10H8FIS. The number of thiophene rings is 1. The molecule has 0 unspecified atom stereocenters. The van der Waals surface area contributed by atoms with Crippen molar-refractivity contribution in [3.05, 3.63) is 32.5 Å². The van der Waals surface area contributed by atoms with Crippen LogP contribution in [0.1, 0.15) is 12.5 Å². The highest BCUT2D eigenvalue weighted by Gasteiger charge is 2.09. The molecule has 0 amide bonds. The Bertz CT molecular complexity index is 447. The van der Waals surface area contributed by atoms with Gasteiger partial charge >= 0.3 is 0 Å². The van der Waals surface area contributed by atoms with Crippen LogP contribution in [-0.2, 0) is 6.42 Å². The zero-order chi connectivity index (χ0) is 9.42. The first-order valence-electron chi connectivity index (χ1n) is 4.08. The van der Waals surface area contributed by atoms with E-state index in [9.17, 15) is 4.39 Å². The molecule has 2 rings (SSSR count). The van der Waals surface area contributed by atoms with Crippen LogP contribution in [0, 0.1) is 9.39 Å². The van der Waals surface area contributed by atoms with Crippen LogP contribution in [-0.4, -0.2) is 0 Å². The predicted molar refractivity (Wildman–Crippen MR) is 63.9 cm³/mol. The zero-order valence-electron chi connectivity index (χ0n) is 7.10. The van der Waals surface area contributed by atoms with E-state index in [4.69, 9.17) is 0 Å². The number of rotatable bonds is 1. The van der Waals surface area contributed by atoms with Gasteiger partial charge in [-0.1, -0.05) is 6.92 Å². The Morgan fingerprint density at radius 1 is 1.54 bits per heavy atom. The van der Waals surface area contributed by atoms with E-state index in [1.807, 2.05) is 5.38 Å². The summed E-state index contributed by atoms with van der Waals surface area (Å²) >= 11 is 3.68. The normalized spacial score (nSPS) is 11.0. The van der Waals surface area contributed by atoms with Gasteiger partial charge in [-0.25, -0.2) is 4.39 Å². The summed E-state index contributed by atoms with van der Waals surface area (Å²) in [7, 11) is 0. The molecule has 0 aliphatic carbocycles. The summed E-state index contributed by atoms with van der Waals surface area (Å²) in [5, 5.41) is 3.22. The molecule has 0 spiro atoms. The summed E-state index contributed by atoms with van der Waals surface area (Å²) in [6, 6.07) is 3.70. The van der Waals surface area contributed by atoms with Crippen LogP contribution in [0.25, 0.3) is 10.1 Å². The van der Waals surface area contributed by atoms with Crippen molar-refractivity contribution in [3.8, 4) is 0 Å². The van der Waals surface area contributed by atoms with Gasteiger partial charge in [0.15, 0.2) is 0 Å². The highest BCUT2D eigenvalue weighted by atomic mass is 127. The van der Waals surface area contributed by atoms with Crippen molar-refractivity contribution in [2.45, 2.75) is 13.3 Å². The SMILES string of the molecule is CCc1c(I)c(F)cc2sccc12. The molecule has 2 aromatic rings. The average Bonchev–Trinajstić information content (AvgIpc) is 2.54. The number of hydrogen-bond acceptors (Lipinski definition) is 1. The molecule has 0 atom stereocenters. The van der Waals surface area contributed by atoms with Crippen molar-refractivity contribution in [1.82, 2.24) is 0 Å². The summed E-state index contributed by atoms with van der Waals surface area (Å²) in [6.07, 6.45) is 0.892. The van der Waals surface area contributed by atoms with Crippen molar-refractivity contribution in [2.24, 2.45) is 0 Å². The Labute approximate surface area is 93.9 Å². The first-order valence-corrected chi connectivity index (χ1v) is 6.04. The third kappa shape index (κ3) is 1.48. The Balaban J connectivity index is 2.87.